The van der Waals surface area contributed by atoms with E-state index in [2.05, 4.69) is 29.2 Å². The van der Waals surface area contributed by atoms with E-state index in [4.69, 9.17) is 0 Å². The molecule has 0 atom stereocenters. The summed E-state index contributed by atoms with van der Waals surface area (Å²) in [4.78, 5) is 4.32. The van der Waals surface area contributed by atoms with E-state index in [0.717, 1.165) is 30.3 Å². The Kier molecular flexibility index (Phi) is 3.54. The van der Waals surface area contributed by atoms with Crippen molar-refractivity contribution in [3.8, 4) is 5.82 Å². The lowest BCUT2D eigenvalue weighted by Gasteiger charge is -2.04. The minimum Gasteiger partial charge on any atom is -0.313 e. The summed E-state index contributed by atoms with van der Waals surface area (Å²) in [5.41, 5.74) is 3.48. The van der Waals surface area contributed by atoms with E-state index in [1.165, 1.54) is 5.56 Å². The van der Waals surface area contributed by atoms with Gasteiger partial charge in [0.05, 0.1) is 5.69 Å². The first-order chi connectivity index (χ1) is 8.24. The number of nitrogens with zero attached hydrogens (tertiary/aromatic N) is 3. The zero-order chi connectivity index (χ0) is 12.3. The molecule has 0 fully saturated rings. The van der Waals surface area contributed by atoms with Crippen LogP contribution in [0, 0.1) is 13.8 Å². The SMILES string of the molecule is CCNCc1c(C)nn(-c2ccccn2)c1C. The fourth-order valence-electron chi connectivity index (χ4n) is 1.88. The molecule has 0 amide bonds. The van der Waals surface area contributed by atoms with E-state index in [9.17, 15) is 0 Å². The Morgan fingerprint density at radius 1 is 1.29 bits per heavy atom. The molecule has 0 spiro atoms. The summed E-state index contributed by atoms with van der Waals surface area (Å²) in [6.07, 6.45) is 1.79. The van der Waals surface area contributed by atoms with Crippen molar-refractivity contribution in [2.75, 3.05) is 6.54 Å². The molecule has 17 heavy (non-hydrogen) atoms. The third kappa shape index (κ3) is 2.36. The molecule has 2 rings (SSSR count). The molecule has 0 aromatic carbocycles. The van der Waals surface area contributed by atoms with Crippen molar-refractivity contribution in [3.63, 3.8) is 0 Å². The van der Waals surface area contributed by atoms with Crippen LogP contribution in [-0.4, -0.2) is 21.3 Å². The second-order valence-corrected chi connectivity index (χ2v) is 4.03. The van der Waals surface area contributed by atoms with Gasteiger partial charge in [0.2, 0.25) is 0 Å². The summed E-state index contributed by atoms with van der Waals surface area (Å²) in [5, 5.41) is 7.88. The topological polar surface area (TPSA) is 42.7 Å². The fraction of sp³-hybridized carbons (Fsp3) is 0.385. The van der Waals surface area contributed by atoms with Crippen molar-refractivity contribution in [1.82, 2.24) is 20.1 Å². The Balaban J connectivity index is 2.37. The molecule has 2 aromatic rings. The minimum atomic E-state index is 0.862. The number of pyridine rings is 1. The van der Waals surface area contributed by atoms with E-state index in [0.29, 0.717) is 0 Å². The van der Waals surface area contributed by atoms with Crippen LogP contribution in [0.1, 0.15) is 23.9 Å². The van der Waals surface area contributed by atoms with Gasteiger partial charge in [0.25, 0.3) is 0 Å². The van der Waals surface area contributed by atoms with Crippen molar-refractivity contribution >= 4 is 0 Å². The van der Waals surface area contributed by atoms with Gasteiger partial charge in [-0.25, -0.2) is 9.67 Å². The lowest BCUT2D eigenvalue weighted by molar-refractivity contribution is 0.719. The van der Waals surface area contributed by atoms with E-state index < -0.39 is 0 Å². The van der Waals surface area contributed by atoms with Crippen molar-refractivity contribution < 1.29 is 0 Å². The monoisotopic (exact) mass is 230 g/mol. The van der Waals surface area contributed by atoms with Crippen molar-refractivity contribution in [1.29, 1.82) is 0 Å². The molecule has 4 heteroatoms. The number of aromatic nitrogens is 3. The van der Waals surface area contributed by atoms with E-state index in [1.54, 1.807) is 6.20 Å². The fourth-order valence-corrected chi connectivity index (χ4v) is 1.88. The van der Waals surface area contributed by atoms with Crippen LogP contribution in [0.15, 0.2) is 24.4 Å². The smallest absolute Gasteiger partial charge is 0.153 e. The zero-order valence-corrected chi connectivity index (χ0v) is 10.6. The third-order valence-corrected chi connectivity index (χ3v) is 2.86. The number of hydrogen-bond donors (Lipinski definition) is 1. The van der Waals surface area contributed by atoms with E-state index in [1.807, 2.05) is 29.8 Å². The van der Waals surface area contributed by atoms with Crippen LogP contribution in [0.5, 0.6) is 0 Å². The van der Waals surface area contributed by atoms with Gasteiger partial charge in [-0.2, -0.15) is 5.10 Å². The van der Waals surface area contributed by atoms with Gasteiger partial charge in [-0.15, -0.1) is 0 Å². The number of rotatable bonds is 4. The molecule has 0 aliphatic heterocycles. The predicted molar refractivity (Wildman–Crippen MR) is 68.2 cm³/mol. The molecule has 0 aliphatic rings. The van der Waals surface area contributed by atoms with Crippen LogP contribution in [0.3, 0.4) is 0 Å². The molecule has 4 nitrogen and oxygen atoms in total. The summed E-state index contributed by atoms with van der Waals surface area (Å²) in [5.74, 6) is 0.871. The molecule has 90 valence electrons. The van der Waals surface area contributed by atoms with Gasteiger partial charge < -0.3 is 5.32 Å². The highest BCUT2D eigenvalue weighted by molar-refractivity contribution is 5.32. The second kappa shape index (κ2) is 5.10. The average molecular weight is 230 g/mol. The molecule has 0 aliphatic carbocycles. The quantitative estimate of drug-likeness (QED) is 0.873. The average Bonchev–Trinajstić information content (AvgIpc) is 2.64. The van der Waals surface area contributed by atoms with E-state index in [-0.39, 0.29) is 0 Å². The summed E-state index contributed by atoms with van der Waals surface area (Å²) in [6, 6.07) is 5.86. The highest BCUT2D eigenvalue weighted by Gasteiger charge is 2.12. The summed E-state index contributed by atoms with van der Waals surface area (Å²) >= 11 is 0. The molecule has 0 bridgehead atoms. The van der Waals surface area contributed by atoms with Crippen LogP contribution in [0.4, 0.5) is 0 Å². The molecule has 1 N–H and O–H groups in total. The molecular weight excluding hydrogens is 212 g/mol. The first-order valence-corrected chi connectivity index (χ1v) is 5.91. The summed E-state index contributed by atoms with van der Waals surface area (Å²) < 4.78 is 1.90. The van der Waals surface area contributed by atoms with Crippen LogP contribution >= 0.6 is 0 Å². The van der Waals surface area contributed by atoms with Gasteiger partial charge in [-0.05, 0) is 32.5 Å². The van der Waals surface area contributed by atoms with Gasteiger partial charge in [-0.1, -0.05) is 13.0 Å². The maximum Gasteiger partial charge on any atom is 0.153 e. The Labute approximate surface area is 102 Å². The molecule has 2 heterocycles. The van der Waals surface area contributed by atoms with Crippen LogP contribution < -0.4 is 5.32 Å². The first kappa shape index (κ1) is 11.8. The lowest BCUT2D eigenvalue weighted by Crippen LogP contribution is -2.13. The molecule has 0 radical (unpaired) electrons. The van der Waals surface area contributed by atoms with Gasteiger partial charge in [0.1, 0.15) is 0 Å². The number of hydrogen-bond acceptors (Lipinski definition) is 3. The standard InChI is InChI=1S/C13H18N4/c1-4-14-9-12-10(2)16-17(11(12)3)13-7-5-6-8-15-13/h5-8,14H,4,9H2,1-3H3. The van der Waals surface area contributed by atoms with Crippen molar-refractivity contribution in [2.45, 2.75) is 27.3 Å². The van der Waals surface area contributed by atoms with Gasteiger partial charge >= 0.3 is 0 Å². The largest absolute Gasteiger partial charge is 0.313 e. The van der Waals surface area contributed by atoms with Crippen molar-refractivity contribution in [3.05, 3.63) is 41.3 Å². The van der Waals surface area contributed by atoms with Crippen LogP contribution in [0.2, 0.25) is 0 Å². The Hall–Kier alpha value is -1.68. The van der Waals surface area contributed by atoms with Gasteiger partial charge in [0.15, 0.2) is 5.82 Å². The third-order valence-electron chi connectivity index (χ3n) is 2.86. The highest BCUT2D eigenvalue weighted by Crippen LogP contribution is 2.16. The highest BCUT2D eigenvalue weighted by atomic mass is 15.3. The molecule has 0 saturated heterocycles. The lowest BCUT2D eigenvalue weighted by atomic mass is 10.2. The van der Waals surface area contributed by atoms with Gasteiger partial charge in [-0.3, -0.25) is 0 Å². The Morgan fingerprint density at radius 2 is 2.12 bits per heavy atom. The predicted octanol–water partition coefficient (Wildman–Crippen LogP) is 1.99. The Bertz CT molecular complexity index is 488. The molecule has 2 aromatic heterocycles. The number of aryl methyl sites for hydroxylation is 1. The summed E-state index contributed by atoms with van der Waals surface area (Å²) in [6.45, 7) is 8.06. The van der Waals surface area contributed by atoms with Gasteiger partial charge in [0, 0.05) is 24.0 Å². The second-order valence-electron chi connectivity index (χ2n) is 4.03. The number of nitrogens with one attached hydrogen (secondary N) is 1. The molecule has 0 saturated carbocycles. The maximum absolute atomic E-state index is 4.55. The zero-order valence-electron chi connectivity index (χ0n) is 10.6. The van der Waals surface area contributed by atoms with E-state index >= 15 is 0 Å². The van der Waals surface area contributed by atoms with Crippen LogP contribution in [0.25, 0.3) is 5.82 Å². The first-order valence-electron chi connectivity index (χ1n) is 5.91. The van der Waals surface area contributed by atoms with Crippen LogP contribution in [-0.2, 0) is 6.54 Å². The Morgan fingerprint density at radius 3 is 2.76 bits per heavy atom. The molecule has 0 unspecified atom stereocenters. The van der Waals surface area contributed by atoms with Crippen molar-refractivity contribution in [2.24, 2.45) is 0 Å². The molecular formula is C13H18N4. The summed E-state index contributed by atoms with van der Waals surface area (Å²) in [7, 11) is 0. The maximum atomic E-state index is 4.55. The normalized spacial score (nSPS) is 10.8. The minimum absolute atomic E-state index is 0.862.